The Morgan fingerprint density at radius 3 is 2.04 bits per heavy atom. The third-order valence-corrected chi connectivity index (χ3v) is 6.85. The summed E-state index contributed by atoms with van der Waals surface area (Å²) in [5.74, 6) is 2.20. The minimum atomic E-state index is -0.535. The molecule has 0 saturated heterocycles. The van der Waals surface area contributed by atoms with Gasteiger partial charge in [-0.15, -0.1) is 0 Å². The lowest BCUT2D eigenvalue weighted by molar-refractivity contribution is -0.158. The molecule has 0 heterocycles. The number of carbonyl (C=O) groups excluding carboxylic acids is 3. The van der Waals surface area contributed by atoms with E-state index in [1.54, 1.807) is 24.3 Å². The fourth-order valence-corrected chi connectivity index (χ4v) is 5.88. The normalized spacial score (nSPS) is 30.1. The number of ketones is 2. The summed E-state index contributed by atoms with van der Waals surface area (Å²) in [5.41, 5.74) is 0.385. The van der Waals surface area contributed by atoms with Crippen LogP contribution in [-0.4, -0.2) is 30.7 Å². The lowest BCUT2D eigenvalue weighted by Crippen LogP contribution is -2.51. The molecule has 0 unspecified atom stereocenters. The predicted octanol–water partition coefficient (Wildman–Crippen LogP) is 3.99. The smallest absolute Gasteiger partial charge is 0.344 e. The van der Waals surface area contributed by atoms with Crippen LogP contribution in [0, 0.1) is 23.2 Å². The minimum Gasteiger partial charge on any atom is -0.482 e. The molecule has 5 heteroatoms. The zero-order valence-electron chi connectivity index (χ0n) is 16.4. The monoisotopic (exact) mass is 384 g/mol. The maximum atomic E-state index is 12.9. The summed E-state index contributed by atoms with van der Waals surface area (Å²) in [5, 5.41) is 0. The molecule has 0 spiro atoms. The number of ether oxygens (including phenoxy) is 2. The zero-order valence-corrected chi connectivity index (χ0v) is 16.4. The molecule has 0 N–H and O–H groups in total. The van der Waals surface area contributed by atoms with Crippen molar-refractivity contribution in [2.75, 3.05) is 13.2 Å². The number of esters is 1. The standard InChI is InChI=1S/C23H28O5/c1-2-20(24)18-3-5-19(6-4-18)27-14-22(26)28-13-21(25)23-10-15-7-16(11-23)9-17(8-15)12-23/h3-6,15-17H,2,7-14H2,1H3. The van der Waals surface area contributed by atoms with Crippen molar-refractivity contribution < 1.29 is 23.9 Å². The molecule has 4 aliphatic carbocycles. The fraction of sp³-hybridized carbons (Fsp3) is 0.609. The maximum Gasteiger partial charge on any atom is 0.344 e. The summed E-state index contributed by atoms with van der Waals surface area (Å²) >= 11 is 0. The van der Waals surface area contributed by atoms with E-state index in [0.29, 0.717) is 35.5 Å². The zero-order chi connectivity index (χ0) is 19.7. The summed E-state index contributed by atoms with van der Waals surface area (Å²) in [4.78, 5) is 36.5. The van der Waals surface area contributed by atoms with Crippen LogP contribution in [0.3, 0.4) is 0 Å². The number of benzene rings is 1. The van der Waals surface area contributed by atoms with E-state index in [0.717, 1.165) is 19.3 Å². The number of Topliss-reactive ketones (excluding diaryl/α,β-unsaturated/α-hetero) is 2. The highest BCUT2D eigenvalue weighted by molar-refractivity contribution is 5.95. The van der Waals surface area contributed by atoms with Gasteiger partial charge < -0.3 is 9.47 Å². The van der Waals surface area contributed by atoms with Gasteiger partial charge in [0.05, 0.1) is 0 Å². The molecule has 1 aromatic carbocycles. The lowest BCUT2D eigenvalue weighted by Gasteiger charge is -2.55. The average molecular weight is 384 g/mol. The van der Waals surface area contributed by atoms with E-state index in [1.807, 2.05) is 6.92 Å². The summed E-state index contributed by atoms with van der Waals surface area (Å²) in [7, 11) is 0. The van der Waals surface area contributed by atoms with E-state index in [1.165, 1.54) is 19.3 Å². The Labute approximate surface area is 165 Å². The molecule has 4 saturated carbocycles. The van der Waals surface area contributed by atoms with E-state index in [-0.39, 0.29) is 30.2 Å². The quantitative estimate of drug-likeness (QED) is 0.501. The van der Waals surface area contributed by atoms with Gasteiger partial charge in [-0.1, -0.05) is 6.92 Å². The van der Waals surface area contributed by atoms with Crippen LogP contribution in [0.4, 0.5) is 0 Å². The minimum absolute atomic E-state index is 0.0640. The van der Waals surface area contributed by atoms with Crippen LogP contribution in [0.2, 0.25) is 0 Å². The molecule has 4 aliphatic rings. The summed E-state index contributed by atoms with van der Waals surface area (Å²) in [6.07, 6.45) is 7.23. The van der Waals surface area contributed by atoms with E-state index in [2.05, 4.69) is 0 Å². The topological polar surface area (TPSA) is 69.7 Å². The molecule has 4 bridgehead atoms. The molecule has 5 nitrogen and oxygen atoms in total. The summed E-state index contributed by atoms with van der Waals surface area (Å²) in [6.45, 7) is 1.43. The first kappa shape index (κ1) is 19.2. The van der Waals surface area contributed by atoms with Gasteiger partial charge in [0.25, 0.3) is 0 Å². The van der Waals surface area contributed by atoms with Gasteiger partial charge in [-0.3, -0.25) is 9.59 Å². The molecular formula is C23H28O5. The number of hydrogen-bond acceptors (Lipinski definition) is 5. The van der Waals surface area contributed by atoms with E-state index in [9.17, 15) is 14.4 Å². The second kappa shape index (κ2) is 7.69. The van der Waals surface area contributed by atoms with Crippen molar-refractivity contribution in [2.24, 2.45) is 23.2 Å². The average Bonchev–Trinajstić information content (AvgIpc) is 2.69. The molecule has 5 rings (SSSR count). The second-order valence-corrected chi connectivity index (χ2v) is 8.87. The van der Waals surface area contributed by atoms with Crippen molar-refractivity contribution in [3.05, 3.63) is 29.8 Å². The molecule has 0 amide bonds. The number of rotatable bonds is 8. The SMILES string of the molecule is CCC(=O)c1ccc(OCC(=O)OCC(=O)C23CC4CC(CC(C4)C2)C3)cc1. The molecule has 28 heavy (non-hydrogen) atoms. The predicted molar refractivity (Wildman–Crippen MR) is 103 cm³/mol. The van der Waals surface area contributed by atoms with Gasteiger partial charge in [-0.25, -0.2) is 4.79 Å². The van der Waals surface area contributed by atoms with E-state index in [4.69, 9.17) is 9.47 Å². The van der Waals surface area contributed by atoms with Crippen LogP contribution in [0.1, 0.15) is 62.2 Å². The molecule has 0 aliphatic heterocycles. The largest absolute Gasteiger partial charge is 0.482 e. The Bertz CT molecular complexity index is 728. The van der Waals surface area contributed by atoms with E-state index >= 15 is 0 Å². The molecule has 0 aromatic heterocycles. The third kappa shape index (κ3) is 3.85. The first-order valence-corrected chi connectivity index (χ1v) is 10.4. The van der Waals surface area contributed by atoms with Crippen molar-refractivity contribution in [2.45, 2.75) is 51.9 Å². The fourth-order valence-electron chi connectivity index (χ4n) is 5.88. The Morgan fingerprint density at radius 2 is 1.50 bits per heavy atom. The van der Waals surface area contributed by atoms with Crippen LogP contribution < -0.4 is 4.74 Å². The third-order valence-electron chi connectivity index (χ3n) is 6.85. The highest BCUT2D eigenvalue weighted by atomic mass is 16.6. The Balaban J connectivity index is 1.25. The van der Waals surface area contributed by atoms with Crippen molar-refractivity contribution in [1.29, 1.82) is 0 Å². The van der Waals surface area contributed by atoms with Gasteiger partial charge in [0, 0.05) is 17.4 Å². The van der Waals surface area contributed by atoms with Gasteiger partial charge in [0.15, 0.2) is 24.8 Å². The van der Waals surface area contributed by atoms with E-state index < -0.39 is 5.97 Å². The molecule has 150 valence electrons. The van der Waals surface area contributed by atoms with Crippen molar-refractivity contribution in [3.63, 3.8) is 0 Å². The first-order valence-electron chi connectivity index (χ1n) is 10.4. The second-order valence-electron chi connectivity index (χ2n) is 8.87. The summed E-state index contributed by atoms with van der Waals surface area (Å²) < 4.78 is 10.6. The highest BCUT2D eigenvalue weighted by Crippen LogP contribution is 2.60. The lowest BCUT2D eigenvalue weighted by atomic mass is 9.48. The summed E-state index contributed by atoms with van der Waals surface area (Å²) in [6, 6.07) is 6.69. The van der Waals surface area contributed by atoms with Crippen LogP contribution in [0.5, 0.6) is 5.75 Å². The Kier molecular flexibility index (Phi) is 5.26. The number of hydrogen-bond donors (Lipinski definition) is 0. The first-order chi connectivity index (χ1) is 13.5. The molecule has 4 fully saturated rings. The molecule has 0 atom stereocenters. The Morgan fingerprint density at radius 1 is 0.929 bits per heavy atom. The van der Waals surface area contributed by atoms with Crippen LogP contribution in [-0.2, 0) is 14.3 Å². The van der Waals surface area contributed by atoms with Gasteiger partial charge in [0.2, 0.25) is 0 Å². The Hall–Kier alpha value is -2.17. The van der Waals surface area contributed by atoms with Gasteiger partial charge >= 0.3 is 5.97 Å². The van der Waals surface area contributed by atoms with Gasteiger partial charge in [0.1, 0.15) is 5.75 Å². The van der Waals surface area contributed by atoms with Crippen molar-refractivity contribution in [1.82, 2.24) is 0 Å². The highest BCUT2D eigenvalue weighted by Gasteiger charge is 2.54. The number of carbonyl (C=O) groups is 3. The van der Waals surface area contributed by atoms with Gasteiger partial charge in [-0.2, -0.15) is 0 Å². The van der Waals surface area contributed by atoms with Crippen LogP contribution in [0.15, 0.2) is 24.3 Å². The maximum absolute atomic E-state index is 12.9. The van der Waals surface area contributed by atoms with Crippen molar-refractivity contribution >= 4 is 17.5 Å². The van der Waals surface area contributed by atoms with Gasteiger partial charge in [-0.05, 0) is 80.5 Å². The molecule has 0 radical (unpaired) electrons. The molecule has 1 aromatic rings. The van der Waals surface area contributed by atoms with Crippen LogP contribution >= 0.6 is 0 Å². The van der Waals surface area contributed by atoms with Crippen LogP contribution in [0.25, 0.3) is 0 Å². The van der Waals surface area contributed by atoms with Crippen molar-refractivity contribution in [3.8, 4) is 5.75 Å². The molecular weight excluding hydrogens is 356 g/mol.